The van der Waals surface area contributed by atoms with Crippen LogP contribution in [0.5, 0.6) is 0 Å². The van der Waals surface area contributed by atoms with Crippen LogP contribution in [0.25, 0.3) is 0 Å². The maximum absolute atomic E-state index is 10.3. The molecule has 0 rings (SSSR count). The summed E-state index contributed by atoms with van der Waals surface area (Å²) >= 11 is 0. The number of carbonyl (C=O) groups is 1. The van der Waals surface area contributed by atoms with Gasteiger partial charge in [-0.25, -0.2) is 4.79 Å². The van der Waals surface area contributed by atoms with E-state index in [1.54, 1.807) is 0 Å². The Morgan fingerprint density at radius 2 is 2.09 bits per heavy atom. The molecule has 0 saturated carbocycles. The summed E-state index contributed by atoms with van der Waals surface area (Å²) in [5.41, 5.74) is 9.62. The maximum Gasteiger partial charge on any atom is 0.331 e. The highest BCUT2D eigenvalue weighted by Gasteiger charge is 2.12. The average molecular weight is 156 g/mol. The van der Waals surface area contributed by atoms with Crippen molar-refractivity contribution in [1.29, 1.82) is 0 Å². The van der Waals surface area contributed by atoms with Crippen LogP contribution in [0.1, 0.15) is 6.92 Å². The highest BCUT2D eigenvalue weighted by atomic mass is 16.4. The van der Waals surface area contributed by atoms with Crippen molar-refractivity contribution in [3.8, 4) is 0 Å². The highest BCUT2D eigenvalue weighted by Crippen LogP contribution is 2.00. The molecule has 0 atom stereocenters. The van der Waals surface area contributed by atoms with E-state index in [0.717, 1.165) is 0 Å². The Hall–Kier alpha value is -1.13. The zero-order valence-corrected chi connectivity index (χ0v) is 6.37. The predicted molar refractivity (Wildman–Crippen MR) is 42.7 cm³/mol. The summed E-state index contributed by atoms with van der Waals surface area (Å²) in [6.45, 7) is 4.77. The lowest BCUT2D eigenvalue weighted by molar-refractivity contribution is -0.132. The minimum Gasteiger partial charge on any atom is -0.478 e. The van der Waals surface area contributed by atoms with Crippen LogP contribution in [0.3, 0.4) is 0 Å². The first-order valence-corrected chi connectivity index (χ1v) is 3.03. The summed E-state index contributed by atoms with van der Waals surface area (Å²) in [6, 6.07) is 0. The second-order valence-corrected chi connectivity index (χ2v) is 2.34. The van der Waals surface area contributed by atoms with Crippen molar-refractivity contribution in [3.05, 3.63) is 24.3 Å². The molecule has 0 bridgehead atoms. The van der Waals surface area contributed by atoms with Gasteiger partial charge in [0.1, 0.15) is 5.66 Å². The van der Waals surface area contributed by atoms with Crippen molar-refractivity contribution in [1.82, 2.24) is 0 Å². The van der Waals surface area contributed by atoms with Gasteiger partial charge in [-0.05, 0) is 13.0 Å². The largest absolute Gasteiger partial charge is 0.478 e. The molecule has 11 heavy (non-hydrogen) atoms. The van der Waals surface area contributed by atoms with E-state index in [0.29, 0.717) is 0 Å². The summed E-state index contributed by atoms with van der Waals surface area (Å²) in [5.74, 6) is -1.04. The summed E-state index contributed by atoms with van der Waals surface area (Å²) in [7, 11) is 0. The Morgan fingerprint density at radius 3 is 2.36 bits per heavy atom. The van der Waals surface area contributed by atoms with E-state index in [2.05, 4.69) is 6.58 Å². The Bertz CT molecular complexity index is 206. The number of carboxylic acids is 1. The summed E-state index contributed by atoms with van der Waals surface area (Å²) < 4.78 is 0. The summed E-state index contributed by atoms with van der Waals surface area (Å²) in [4.78, 5) is 10.3. The van der Waals surface area contributed by atoms with Gasteiger partial charge >= 0.3 is 5.97 Å². The maximum atomic E-state index is 10.3. The van der Waals surface area contributed by atoms with E-state index in [1.165, 1.54) is 19.1 Å². The molecule has 5 N–H and O–H groups in total. The van der Waals surface area contributed by atoms with Crippen molar-refractivity contribution in [2.24, 2.45) is 11.5 Å². The van der Waals surface area contributed by atoms with Gasteiger partial charge < -0.3 is 16.6 Å². The Kier molecular flexibility index (Phi) is 2.98. The molecule has 0 aromatic carbocycles. The number of hydrogen-bond donors (Lipinski definition) is 3. The van der Waals surface area contributed by atoms with Crippen molar-refractivity contribution in [3.63, 3.8) is 0 Å². The zero-order valence-electron chi connectivity index (χ0n) is 6.37. The first-order valence-electron chi connectivity index (χ1n) is 3.03. The molecular formula is C7H12N2O2. The monoisotopic (exact) mass is 156 g/mol. The second kappa shape index (κ2) is 3.32. The lowest BCUT2D eigenvalue weighted by Crippen LogP contribution is -2.45. The normalized spacial score (nSPS) is 12.8. The number of nitrogens with two attached hydrogens (primary N) is 2. The number of rotatable bonds is 3. The zero-order chi connectivity index (χ0) is 9.07. The van der Waals surface area contributed by atoms with Gasteiger partial charge in [0.25, 0.3) is 0 Å². The molecule has 0 aliphatic rings. The first-order chi connectivity index (χ1) is 4.89. The molecule has 0 saturated heterocycles. The fraction of sp³-hybridized carbons (Fsp3) is 0.286. The van der Waals surface area contributed by atoms with Gasteiger partial charge in [-0.1, -0.05) is 12.7 Å². The van der Waals surface area contributed by atoms with E-state index in [4.69, 9.17) is 16.6 Å². The fourth-order valence-corrected chi connectivity index (χ4v) is 0.496. The molecule has 0 aliphatic heterocycles. The van der Waals surface area contributed by atoms with E-state index in [-0.39, 0.29) is 5.57 Å². The van der Waals surface area contributed by atoms with Gasteiger partial charge in [-0.3, -0.25) is 0 Å². The number of hydrogen-bond acceptors (Lipinski definition) is 3. The van der Waals surface area contributed by atoms with Gasteiger partial charge in [0.05, 0.1) is 0 Å². The Balaban J connectivity index is 4.54. The lowest BCUT2D eigenvalue weighted by atomic mass is 10.1. The number of carboxylic acid groups (broad SMARTS) is 1. The molecule has 0 fully saturated rings. The summed E-state index contributed by atoms with van der Waals surface area (Å²) in [6.07, 6.45) is 2.52. The fourth-order valence-electron chi connectivity index (χ4n) is 0.496. The van der Waals surface area contributed by atoms with Crippen LogP contribution in [0.15, 0.2) is 24.3 Å². The molecule has 0 radical (unpaired) electrons. The minimum absolute atomic E-state index is 0.106. The predicted octanol–water partition coefficient (Wildman–Crippen LogP) is -0.183. The van der Waals surface area contributed by atoms with Gasteiger partial charge in [0.2, 0.25) is 0 Å². The minimum atomic E-state index is -1.23. The van der Waals surface area contributed by atoms with Gasteiger partial charge in [-0.2, -0.15) is 0 Å². The van der Waals surface area contributed by atoms with Crippen LogP contribution < -0.4 is 11.5 Å². The first kappa shape index (κ1) is 9.87. The molecule has 0 amide bonds. The van der Waals surface area contributed by atoms with Gasteiger partial charge in [0.15, 0.2) is 0 Å². The van der Waals surface area contributed by atoms with Crippen molar-refractivity contribution < 1.29 is 9.90 Å². The molecule has 4 heteroatoms. The molecule has 0 aliphatic carbocycles. The van der Waals surface area contributed by atoms with Crippen LogP contribution in [0.4, 0.5) is 0 Å². The molecule has 0 unspecified atom stereocenters. The van der Waals surface area contributed by atoms with Gasteiger partial charge in [0, 0.05) is 5.57 Å². The quantitative estimate of drug-likeness (QED) is 0.300. The Morgan fingerprint density at radius 1 is 1.64 bits per heavy atom. The van der Waals surface area contributed by atoms with Crippen LogP contribution in [-0.4, -0.2) is 16.7 Å². The van der Waals surface area contributed by atoms with E-state index >= 15 is 0 Å². The van der Waals surface area contributed by atoms with Gasteiger partial charge in [-0.15, -0.1) is 0 Å². The topological polar surface area (TPSA) is 89.3 Å². The Labute approximate surface area is 65.2 Å². The molecule has 0 spiro atoms. The molecule has 62 valence electrons. The molecule has 0 aromatic heterocycles. The second-order valence-electron chi connectivity index (χ2n) is 2.34. The third kappa shape index (κ3) is 3.54. The van der Waals surface area contributed by atoms with E-state index < -0.39 is 11.6 Å². The smallest absolute Gasteiger partial charge is 0.331 e. The number of aliphatic carboxylic acids is 1. The van der Waals surface area contributed by atoms with Crippen molar-refractivity contribution in [2.75, 3.05) is 0 Å². The molecule has 0 heterocycles. The van der Waals surface area contributed by atoms with E-state index in [1.807, 2.05) is 0 Å². The van der Waals surface area contributed by atoms with Crippen LogP contribution >= 0.6 is 0 Å². The SMILES string of the molecule is C=CC(N)(N)C=C(C)C(=O)O. The van der Waals surface area contributed by atoms with Crippen molar-refractivity contribution >= 4 is 5.97 Å². The molecule has 0 aromatic rings. The van der Waals surface area contributed by atoms with Crippen molar-refractivity contribution in [2.45, 2.75) is 12.6 Å². The standard InChI is InChI=1S/C7H12N2O2/c1-3-7(8,9)4-5(2)6(10)11/h3-4H,1,8-9H2,2H3,(H,10,11). The third-order valence-electron chi connectivity index (χ3n) is 1.16. The van der Waals surface area contributed by atoms with Crippen LogP contribution in [-0.2, 0) is 4.79 Å². The van der Waals surface area contributed by atoms with Crippen LogP contribution in [0.2, 0.25) is 0 Å². The lowest BCUT2D eigenvalue weighted by Gasteiger charge is -2.14. The van der Waals surface area contributed by atoms with E-state index in [9.17, 15) is 4.79 Å². The highest BCUT2D eigenvalue weighted by molar-refractivity contribution is 5.86. The third-order valence-corrected chi connectivity index (χ3v) is 1.16. The average Bonchev–Trinajstić information content (AvgIpc) is 1.87. The molecular weight excluding hydrogens is 144 g/mol. The molecule has 4 nitrogen and oxygen atoms in total. The van der Waals surface area contributed by atoms with Crippen LogP contribution in [0, 0.1) is 0 Å². The summed E-state index contributed by atoms with van der Waals surface area (Å²) in [5, 5.41) is 8.43.